The third kappa shape index (κ3) is 3.50. The molecule has 2 atom stereocenters. The molecule has 1 aromatic carbocycles. The Morgan fingerprint density at radius 2 is 1.85 bits per heavy atom. The highest BCUT2D eigenvalue weighted by molar-refractivity contribution is 6.07. The number of hydrazone groups is 1. The molecule has 6 heteroatoms. The predicted molar refractivity (Wildman–Crippen MR) is 132 cm³/mol. The van der Waals surface area contributed by atoms with Gasteiger partial charge in [-0.05, 0) is 87.3 Å². The van der Waals surface area contributed by atoms with E-state index in [1.54, 1.807) is 0 Å². The summed E-state index contributed by atoms with van der Waals surface area (Å²) < 4.78 is 0. The Hall–Kier alpha value is -3.20. The van der Waals surface area contributed by atoms with Crippen LogP contribution in [-0.2, 0) is 6.42 Å². The van der Waals surface area contributed by atoms with E-state index in [2.05, 4.69) is 23.2 Å². The van der Waals surface area contributed by atoms with E-state index >= 15 is 0 Å². The summed E-state index contributed by atoms with van der Waals surface area (Å²) in [5.41, 5.74) is 6.62. The molecule has 1 amide bonds. The van der Waals surface area contributed by atoms with Crippen LogP contribution in [0.15, 0.2) is 35.4 Å². The molecule has 2 unspecified atom stereocenters. The first-order valence-corrected chi connectivity index (χ1v) is 12.8. The van der Waals surface area contributed by atoms with Crippen molar-refractivity contribution < 1.29 is 4.79 Å². The molecule has 2 aromatic rings. The van der Waals surface area contributed by atoms with Crippen molar-refractivity contribution in [2.24, 2.45) is 16.9 Å². The maximum atomic E-state index is 12.9. The highest BCUT2D eigenvalue weighted by Gasteiger charge is 2.46. The van der Waals surface area contributed by atoms with E-state index in [0.717, 1.165) is 72.6 Å². The molecule has 0 spiro atoms. The molecule has 6 rings (SSSR count). The molecule has 174 valence electrons. The fourth-order valence-electron chi connectivity index (χ4n) is 6.54. The van der Waals surface area contributed by atoms with Gasteiger partial charge in [-0.25, -0.2) is 4.98 Å². The van der Waals surface area contributed by atoms with Crippen LogP contribution in [0.5, 0.6) is 0 Å². The standard InChI is InChI=1S/C28H31N5O/c1-18-16-21(9-8-20(18)17-29)33-27(19-6-2-3-7-19)23-11-12-24-22(26(23)31-33)10-13-25(30-24)28(34)32-14-4-5-15-32/h8-10,13,16,19,23,27H,2-7,11-12,14-15H2,1H3. The summed E-state index contributed by atoms with van der Waals surface area (Å²) in [5.74, 6) is 1.08. The van der Waals surface area contributed by atoms with Crippen molar-refractivity contribution in [1.29, 1.82) is 5.26 Å². The number of carbonyl (C=O) groups excluding carboxylic acids is 1. The van der Waals surface area contributed by atoms with Gasteiger partial charge < -0.3 is 4.90 Å². The van der Waals surface area contributed by atoms with E-state index in [9.17, 15) is 10.1 Å². The van der Waals surface area contributed by atoms with Crippen LogP contribution in [0.4, 0.5) is 5.69 Å². The number of nitrogens with zero attached hydrogens (tertiary/aromatic N) is 5. The first-order valence-electron chi connectivity index (χ1n) is 12.8. The van der Waals surface area contributed by atoms with Gasteiger partial charge in [-0.1, -0.05) is 12.8 Å². The van der Waals surface area contributed by atoms with Gasteiger partial charge in [-0.3, -0.25) is 9.80 Å². The molecule has 1 saturated carbocycles. The predicted octanol–water partition coefficient (Wildman–Crippen LogP) is 4.84. The zero-order chi connectivity index (χ0) is 23.2. The van der Waals surface area contributed by atoms with Crippen molar-refractivity contribution in [3.8, 4) is 6.07 Å². The van der Waals surface area contributed by atoms with Crippen LogP contribution in [-0.4, -0.2) is 40.6 Å². The van der Waals surface area contributed by atoms with E-state index in [1.165, 1.54) is 25.7 Å². The van der Waals surface area contributed by atoms with Crippen LogP contribution in [0, 0.1) is 30.1 Å². The van der Waals surface area contributed by atoms with Crippen LogP contribution < -0.4 is 5.01 Å². The Kier molecular flexibility index (Phi) is 5.36. The lowest BCUT2D eigenvalue weighted by atomic mass is 9.76. The van der Waals surface area contributed by atoms with Crippen molar-refractivity contribution in [2.45, 2.75) is 64.3 Å². The van der Waals surface area contributed by atoms with Crippen molar-refractivity contribution in [3.05, 3.63) is 58.4 Å². The number of aryl methyl sites for hydroxylation is 2. The minimum atomic E-state index is 0.0642. The summed E-state index contributed by atoms with van der Waals surface area (Å²) in [4.78, 5) is 19.7. The van der Waals surface area contributed by atoms with Gasteiger partial charge in [0.05, 0.1) is 34.8 Å². The number of nitriles is 1. The van der Waals surface area contributed by atoms with Crippen LogP contribution in [0.3, 0.4) is 0 Å². The summed E-state index contributed by atoms with van der Waals surface area (Å²) in [5, 5.41) is 16.9. The first-order chi connectivity index (χ1) is 16.6. The fraction of sp³-hybridized carbons (Fsp3) is 0.500. The number of fused-ring (bicyclic) bond motifs is 3. The van der Waals surface area contributed by atoms with Gasteiger partial charge in [0.15, 0.2) is 0 Å². The summed E-state index contributed by atoms with van der Waals surface area (Å²) in [6.45, 7) is 3.68. The zero-order valence-corrected chi connectivity index (χ0v) is 19.8. The number of amides is 1. The van der Waals surface area contributed by atoms with Crippen molar-refractivity contribution >= 4 is 17.3 Å². The SMILES string of the molecule is Cc1cc(N2N=C3c4ccc(C(=O)N5CCCC5)nc4CCC3C2C2CCCC2)ccc1C#N. The summed E-state index contributed by atoms with van der Waals surface area (Å²) in [6, 6.07) is 12.7. The topological polar surface area (TPSA) is 72.6 Å². The Bertz CT molecular complexity index is 1200. The number of likely N-dealkylation sites (tertiary alicyclic amines) is 1. The van der Waals surface area contributed by atoms with Gasteiger partial charge >= 0.3 is 0 Å². The molecule has 2 fully saturated rings. The van der Waals surface area contributed by atoms with E-state index in [1.807, 2.05) is 30.0 Å². The molecule has 0 N–H and O–H groups in total. The Morgan fingerprint density at radius 3 is 2.59 bits per heavy atom. The van der Waals surface area contributed by atoms with Crippen molar-refractivity contribution in [1.82, 2.24) is 9.88 Å². The molecular weight excluding hydrogens is 422 g/mol. The van der Waals surface area contributed by atoms with Gasteiger partial charge in [-0.2, -0.15) is 10.4 Å². The Balaban J connectivity index is 1.37. The zero-order valence-electron chi connectivity index (χ0n) is 19.8. The van der Waals surface area contributed by atoms with E-state index in [4.69, 9.17) is 10.1 Å². The van der Waals surface area contributed by atoms with Crippen molar-refractivity contribution in [3.63, 3.8) is 0 Å². The molecule has 2 aliphatic carbocycles. The van der Waals surface area contributed by atoms with Crippen LogP contribution >= 0.6 is 0 Å². The molecule has 0 radical (unpaired) electrons. The molecule has 4 aliphatic rings. The second-order valence-electron chi connectivity index (χ2n) is 10.3. The lowest BCUT2D eigenvalue weighted by molar-refractivity contribution is 0.0786. The fourth-order valence-corrected chi connectivity index (χ4v) is 6.54. The molecule has 3 heterocycles. The van der Waals surface area contributed by atoms with Crippen LogP contribution in [0.1, 0.15) is 77.8 Å². The maximum Gasteiger partial charge on any atom is 0.272 e. The van der Waals surface area contributed by atoms with Gasteiger partial charge in [0, 0.05) is 24.6 Å². The highest BCUT2D eigenvalue weighted by Crippen LogP contribution is 2.44. The molecule has 0 bridgehead atoms. The average Bonchev–Trinajstić information content (AvgIpc) is 3.63. The first kappa shape index (κ1) is 21.3. The monoisotopic (exact) mass is 453 g/mol. The summed E-state index contributed by atoms with van der Waals surface area (Å²) in [7, 11) is 0. The van der Waals surface area contributed by atoms with E-state index in [-0.39, 0.29) is 5.91 Å². The van der Waals surface area contributed by atoms with E-state index in [0.29, 0.717) is 23.6 Å². The van der Waals surface area contributed by atoms with Gasteiger partial charge in [0.25, 0.3) is 5.91 Å². The number of aromatic nitrogens is 1. The second kappa shape index (κ2) is 8.54. The lowest BCUT2D eigenvalue weighted by Gasteiger charge is -2.34. The molecule has 1 saturated heterocycles. The van der Waals surface area contributed by atoms with Gasteiger partial charge in [0.1, 0.15) is 5.69 Å². The number of pyridine rings is 1. The lowest BCUT2D eigenvalue weighted by Crippen LogP contribution is -2.41. The Morgan fingerprint density at radius 1 is 1.06 bits per heavy atom. The number of carbonyl (C=O) groups is 1. The van der Waals surface area contributed by atoms with Crippen molar-refractivity contribution in [2.75, 3.05) is 18.1 Å². The number of rotatable bonds is 3. The average molecular weight is 454 g/mol. The quantitative estimate of drug-likeness (QED) is 0.666. The van der Waals surface area contributed by atoms with Crippen LogP contribution in [0.2, 0.25) is 0 Å². The summed E-state index contributed by atoms with van der Waals surface area (Å²) >= 11 is 0. The summed E-state index contributed by atoms with van der Waals surface area (Å²) in [6.07, 6.45) is 9.18. The molecular formula is C28H31N5O. The van der Waals surface area contributed by atoms with Gasteiger partial charge in [-0.15, -0.1) is 0 Å². The van der Waals surface area contributed by atoms with Gasteiger partial charge in [0.2, 0.25) is 0 Å². The largest absolute Gasteiger partial charge is 0.337 e. The number of anilines is 1. The molecule has 1 aromatic heterocycles. The minimum Gasteiger partial charge on any atom is -0.337 e. The van der Waals surface area contributed by atoms with Crippen LogP contribution in [0.25, 0.3) is 0 Å². The highest BCUT2D eigenvalue weighted by atomic mass is 16.2. The van der Waals surface area contributed by atoms with E-state index < -0.39 is 0 Å². The molecule has 34 heavy (non-hydrogen) atoms. The third-order valence-corrected chi connectivity index (χ3v) is 8.29. The smallest absolute Gasteiger partial charge is 0.272 e. The minimum absolute atomic E-state index is 0.0642. The molecule has 6 nitrogen and oxygen atoms in total. The number of hydrogen-bond acceptors (Lipinski definition) is 5. The normalized spacial score (nSPS) is 24.1. The maximum absolute atomic E-state index is 12.9. The Labute approximate surface area is 201 Å². The second-order valence-corrected chi connectivity index (χ2v) is 10.3. The molecule has 2 aliphatic heterocycles. The number of hydrogen-bond donors (Lipinski definition) is 0. The number of benzene rings is 1. The third-order valence-electron chi connectivity index (χ3n) is 8.29.